The molecule has 122 valence electrons. The summed E-state index contributed by atoms with van der Waals surface area (Å²) in [6.45, 7) is 7.64. The highest BCUT2D eigenvalue weighted by Crippen LogP contribution is 2.15. The molecule has 0 radical (unpaired) electrons. The quantitative estimate of drug-likeness (QED) is 0.853. The first-order valence-electron chi connectivity index (χ1n) is 7.60. The highest BCUT2D eigenvalue weighted by atomic mass is 16.6. The third-order valence-corrected chi connectivity index (χ3v) is 3.34. The van der Waals surface area contributed by atoms with Crippen LogP contribution in [0.3, 0.4) is 0 Å². The van der Waals surface area contributed by atoms with E-state index in [0.717, 1.165) is 19.4 Å². The minimum atomic E-state index is -0.463. The summed E-state index contributed by atoms with van der Waals surface area (Å²) in [5, 5.41) is 3.36. The van der Waals surface area contributed by atoms with Gasteiger partial charge in [-0.1, -0.05) is 0 Å². The number of nitrogens with zero attached hydrogens (tertiary/aromatic N) is 2. The van der Waals surface area contributed by atoms with E-state index >= 15 is 0 Å². The molecule has 1 saturated heterocycles. The number of rotatable bonds is 4. The number of amides is 2. The molecule has 1 atom stereocenters. The molecule has 0 aliphatic carbocycles. The van der Waals surface area contributed by atoms with Gasteiger partial charge in [-0.3, -0.25) is 4.79 Å². The van der Waals surface area contributed by atoms with E-state index in [9.17, 15) is 9.59 Å². The lowest BCUT2D eigenvalue weighted by Gasteiger charge is -2.34. The van der Waals surface area contributed by atoms with Gasteiger partial charge in [0.15, 0.2) is 0 Å². The standard InChI is InChI=1S/C15H29N3O3/c1-15(2,3)21-14(20)18-10-6-7-12(11-18)16-9-8-13(19)17(4)5/h12,16H,6-11H2,1-5H3. The fourth-order valence-corrected chi connectivity index (χ4v) is 2.24. The van der Waals surface area contributed by atoms with E-state index < -0.39 is 5.60 Å². The molecule has 0 aromatic carbocycles. The van der Waals surface area contributed by atoms with E-state index in [1.54, 1.807) is 23.9 Å². The molecule has 1 aliphatic heterocycles. The second-order valence-corrected chi connectivity index (χ2v) is 6.76. The molecular weight excluding hydrogens is 270 g/mol. The maximum Gasteiger partial charge on any atom is 0.410 e. The van der Waals surface area contributed by atoms with Crippen LogP contribution in [0, 0.1) is 0 Å². The molecule has 0 bridgehead atoms. The number of carbonyl (C=O) groups is 2. The van der Waals surface area contributed by atoms with Gasteiger partial charge in [-0.25, -0.2) is 4.79 Å². The van der Waals surface area contributed by atoms with Gasteiger partial charge >= 0.3 is 6.09 Å². The average molecular weight is 299 g/mol. The van der Waals surface area contributed by atoms with E-state index in [-0.39, 0.29) is 18.0 Å². The number of hydrogen-bond acceptors (Lipinski definition) is 4. The molecule has 0 aromatic heterocycles. The lowest BCUT2D eigenvalue weighted by molar-refractivity contribution is -0.128. The van der Waals surface area contributed by atoms with E-state index in [1.807, 2.05) is 20.8 Å². The number of piperidine rings is 1. The summed E-state index contributed by atoms with van der Waals surface area (Å²) in [6, 6.07) is 0.237. The van der Waals surface area contributed by atoms with Crippen molar-refractivity contribution < 1.29 is 14.3 Å². The molecule has 1 heterocycles. The lowest BCUT2D eigenvalue weighted by Crippen LogP contribution is -2.49. The Balaban J connectivity index is 2.35. The second kappa shape index (κ2) is 7.64. The van der Waals surface area contributed by atoms with E-state index in [4.69, 9.17) is 4.74 Å². The van der Waals surface area contributed by atoms with E-state index in [1.165, 1.54) is 0 Å². The average Bonchev–Trinajstić information content (AvgIpc) is 2.36. The third kappa shape index (κ3) is 6.80. The molecule has 1 N–H and O–H groups in total. The molecule has 6 heteroatoms. The Labute approximate surface area is 127 Å². The maximum atomic E-state index is 12.0. The minimum absolute atomic E-state index is 0.113. The van der Waals surface area contributed by atoms with Crippen molar-refractivity contribution >= 4 is 12.0 Å². The zero-order valence-corrected chi connectivity index (χ0v) is 13.9. The molecule has 0 aromatic rings. The first-order chi connectivity index (χ1) is 9.69. The zero-order valence-electron chi connectivity index (χ0n) is 13.9. The van der Waals surface area contributed by atoms with Gasteiger partial charge in [-0.2, -0.15) is 0 Å². The predicted molar refractivity (Wildman–Crippen MR) is 82.1 cm³/mol. The Kier molecular flexibility index (Phi) is 6.45. The van der Waals surface area contributed by atoms with Gasteiger partial charge in [0, 0.05) is 46.2 Å². The number of ether oxygens (including phenoxy) is 1. The third-order valence-electron chi connectivity index (χ3n) is 3.34. The van der Waals surface area contributed by atoms with Crippen LogP contribution in [0.15, 0.2) is 0 Å². The fraction of sp³-hybridized carbons (Fsp3) is 0.867. The fourth-order valence-electron chi connectivity index (χ4n) is 2.24. The van der Waals surface area contributed by atoms with Crippen LogP contribution in [0.5, 0.6) is 0 Å². The SMILES string of the molecule is CN(C)C(=O)CCNC1CCCN(C(=O)OC(C)(C)C)C1. The summed E-state index contributed by atoms with van der Waals surface area (Å²) in [4.78, 5) is 26.9. The molecule has 1 aliphatic rings. The van der Waals surface area contributed by atoms with Gasteiger partial charge < -0.3 is 19.9 Å². The van der Waals surface area contributed by atoms with Gasteiger partial charge in [-0.05, 0) is 33.6 Å². The minimum Gasteiger partial charge on any atom is -0.444 e. The number of nitrogens with one attached hydrogen (secondary N) is 1. The highest BCUT2D eigenvalue weighted by molar-refractivity contribution is 5.75. The lowest BCUT2D eigenvalue weighted by atomic mass is 10.1. The van der Waals surface area contributed by atoms with Crippen molar-refractivity contribution in [3.05, 3.63) is 0 Å². The Morgan fingerprint density at radius 2 is 2.00 bits per heavy atom. The Morgan fingerprint density at radius 1 is 1.33 bits per heavy atom. The van der Waals surface area contributed by atoms with Crippen molar-refractivity contribution in [3.63, 3.8) is 0 Å². The molecule has 1 fully saturated rings. The van der Waals surface area contributed by atoms with Crippen LogP contribution in [0.4, 0.5) is 4.79 Å². The largest absolute Gasteiger partial charge is 0.444 e. The number of likely N-dealkylation sites (tertiary alicyclic amines) is 1. The summed E-state index contributed by atoms with van der Waals surface area (Å²) < 4.78 is 5.40. The van der Waals surface area contributed by atoms with Crippen molar-refractivity contribution in [2.24, 2.45) is 0 Å². The summed E-state index contributed by atoms with van der Waals surface area (Å²) in [5.41, 5.74) is -0.463. The zero-order chi connectivity index (χ0) is 16.0. The van der Waals surface area contributed by atoms with Crippen molar-refractivity contribution in [1.29, 1.82) is 0 Å². The second-order valence-electron chi connectivity index (χ2n) is 6.76. The molecular formula is C15H29N3O3. The molecule has 1 rings (SSSR count). The van der Waals surface area contributed by atoms with Crippen LogP contribution in [0.25, 0.3) is 0 Å². The van der Waals surface area contributed by atoms with Gasteiger partial charge in [0.2, 0.25) is 5.91 Å². The molecule has 1 unspecified atom stereocenters. The summed E-state index contributed by atoms with van der Waals surface area (Å²) >= 11 is 0. The van der Waals surface area contributed by atoms with Crippen molar-refractivity contribution in [2.75, 3.05) is 33.7 Å². The Bertz CT molecular complexity index is 364. The predicted octanol–water partition coefficient (Wildman–Crippen LogP) is 1.45. The number of hydrogen-bond donors (Lipinski definition) is 1. The highest BCUT2D eigenvalue weighted by Gasteiger charge is 2.27. The van der Waals surface area contributed by atoms with E-state index in [0.29, 0.717) is 19.5 Å². The topological polar surface area (TPSA) is 61.9 Å². The van der Waals surface area contributed by atoms with Gasteiger partial charge in [-0.15, -0.1) is 0 Å². The Hall–Kier alpha value is -1.30. The molecule has 0 saturated carbocycles. The van der Waals surface area contributed by atoms with E-state index in [2.05, 4.69) is 5.32 Å². The van der Waals surface area contributed by atoms with Crippen LogP contribution >= 0.6 is 0 Å². The van der Waals surface area contributed by atoms with Gasteiger partial charge in [0.05, 0.1) is 0 Å². The first kappa shape index (κ1) is 17.8. The molecule has 2 amide bonds. The summed E-state index contributed by atoms with van der Waals surface area (Å²) in [7, 11) is 3.51. The Morgan fingerprint density at radius 3 is 2.57 bits per heavy atom. The number of carbonyl (C=O) groups excluding carboxylic acids is 2. The molecule has 21 heavy (non-hydrogen) atoms. The summed E-state index contributed by atoms with van der Waals surface area (Å²) in [6.07, 6.45) is 2.21. The van der Waals surface area contributed by atoms with Crippen molar-refractivity contribution in [3.8, 4) is 0 Å². The normalized spacial score (nSPS) is 19.3. The van der Waals surface area contributed by atoms with Crippen LogP contribution < -0.4 is 5.32 Å². The van der Waals surface area contributed by atoms with Gasteiger partial charge in [0.25, 0.3) is 0 Å². The molecule has 6 nitrogen and oxygen atoms in total. The van der Waals surface area contributed by atoms with Crippen LogP contribution in [-0.2, 0) is 9.53 Å². The van der Waals surface area contributed by atoms with Crippen LogP contribution in [0.1, 0.15) is 40.0 Å². The monoisotopic (exact) mass is 299 g/mol. The van der Waals surface area contributed by atoms with Crippen LogP contribution in [-0.4, -0.2) is 67.2 Å². The first-order valence-corrected chi connectivity index (χ1v) is 7.60. The van der Waals surface area contributed by atoms with Crippen molar-refractivity contribution in [1.82, 2.24) is 15.1 Å². The smallest absolute Gasteiger partial charge is 0.410 e. The van der Waals surface area contributed by atoms with Gasteiger partial charge in [0.1, 0.15) is 5.60 Å². The summed E-state index contributed by atoms with van der Waals surface area (Å²) in [5.74, 6) is 0.113. The van der Waals surface area contributed by atoms with Crippen LogP contribution in [0.2, 0.25) is 0 Å². The maximum absolute atomic E-state index is 12.0. The van der Waals surface area contributed by atoms with Crippen molar-refractivity contribution in [2.45, 2.75) is 51.7 Å². The molecule has 0 spiro atoms.